The fourth-order valence-corrected chi connectivity index (χ4v) is 2.40. The Morgan fingerprint density at radius 2 is 1.96 bits per heavy atom. The highest BCUT2D eigenvalue weighted by molar-refractivity contribution is 5.81. The van der Waals surface area contributed by atoms with Crippen molar-refractivity contribution in [2.75, 3.05) is 12.5 Å². The van der Waals surface area contributed by atoms with Crippen LogP contribution in [0.2, 0.25) is 0 Å². The highest BCUT2D eigenvalue weighted by Gasteiger charge is 2.07. The first kappa shape index (κ1) is 18.0. The summed E-state index contributed by atoms with van der Waals surface area (Å²) in [5.41, 5.74) is 5.13. The van der Waals surface area contributed by atoms with Crippen LogP contribution in [0, 0.1) is 11.3 Å². The van der Waals surface area contributed by atoms with Gasteiger partial charge in [-0.15, -0.1) is 0 Å². The maximum absolute atomic E-state index is 9.16. The van der Waals surface area contributed by atoms with Crippen molar-refractivity contribution < 1.29 is 9.47 Å². The third-order valence-electron chi connectivity index (χ3n) is 3.77. The lowest BCUT2D eigenvalue weighted by molar-refractivity contribution is 0.284. The van der Waals surface area contributed by atoms with E-state index in [1.807, 2.05) is 54.6 Å². The molecule has 3 rings (SSSR count). The van der Waals surface area contributed by atoms with E-state index in [-0.39, 0.29) is 6.61 Å². The monoisotopic (exact) mass is 358 g/mol. The predicted molar refractivity (Wildman–Crippen MR) is 104 cm³/mol. The molecule has 0 bridgehead atoms. The molecular formula is C21H18N4O2. The zero-order chi connectivity index (χ0) is 18.9. The molecule has 1 aromatic heterocycles. The van der Waals surface area contributed by atoms with Crippen LogP contribution in [0.3, 0.4) is 0 Å². The van der Waals surface area contributed by atoms with Gasteiger partial charge in [0, 0.05) is 11.8 Å². The van der Waals surface area contributed by atoms with E-state index in [0.29, 0.717) is 22.9 Å². The predicted octanol–water partition coefficient (Wildman–Crippen LogP) is 3.99. The number of methoxy groups -OCH3 is 1. The summed E-state index contributed by atoms with van der Waals surface area (Å²) in [5, 5.41) is 13.3. The quantitative estimate of drug-likeness (QED) is 0.510. The van der Waals surface area contributed by atoms with Crippen molar-refractivity contribution in [3.05, 3.63) is 83.6 Å². The van der Waals surface area contributed by atoms with E-state index in [9.17, 15) is 0 Å². The largest absolute Gasteiger partial charge is 0.493 e. The molecule has 0 unspecified atom stereocenters. The Morgan fingerprint density at radius 3 is 2.74 bits per heavy atom. The lowest BCUT2D eigenvalue weighted by Gasteiger charge is -2.12. The SMILES string of the molecule is COc1cc(/C=N/Nc2ccccn2)ccc1OCc1ccccc1C#N. The van der Waals surface area contributed by atoms with E-state index in [4.69, 9.17) is 14.7 Å². The zero-order valence-electron chi connectivity index (χ0n) is 14.8. The van der Waals surface area contributed by atoms with E-state index in [1.165, 1.54) is 0 Å². The molecule has 134 valence electrons. The van der Waals surface area contributed by atoms with Gasteiger partial charge in [0.25, 0.3) is 0 Å². The summed E-state index contributed by atoms with van der Waals surface area (Å²) in [5.74, 6) is 1.85. The summed E-state index contributed by atoms with van der Waals surface area (Å²) >= 11 is 0. The number of ether oxygens (including phenoxy) is 2. The average molecular weight is 358 g/mol. The summed E-state index contributed by atoms with van der Waals surface area (Å²) < 4.78 is 11.3. The minimum Gasteiger partial charge on any atom is -0.493 e. The summed E-state index contributed by atoms with van der Waals surface area (Å²) in [4.78, 5) is 4.13. The van der Waals surface area contributed by atoms with Gasteiger partial charge < -0.3 is 9.47 Å². The third kappa shape index (κ3) is 4.83. The number of hydrogen-bond donors (Lipinski definition) is 1. The number of benzene rings is 2. The summed E-state index contributed by atoms with van der Waals surface area (Å²) in [6.07, 6.45) is 3.36. The second-order valence-electron chi connectivity index (χ2n) is 5.55. The van der Waals surface area contributed by atoms with E-state index in [1.54, 1.807) is 25.6 Å². The minimum absolute atomic E-state index is 0.286. The number of rotatable bonds is 7. The molecule has 1 N–H and O–H groups in total. The molecule has 27 heavy (non-hydrogen) atoms. The van der Waals surface area contributed by atoms with Gasteiger partial charge in [0.05, 0.1) is 25.0 Å². The van der Waals surface area contributed by atoms with Crippen molar-refractivity contribution in [1.82, 2.24) is 4.98 Å². The molecule has 0 aliphatic carbocycles. The molecule has 6 heteroatoms. The number of nitrogens with one attached hydrogen (secondary N) is 1. The molecule has 0 radical (unpaired) electrons. The Hall–Kier alpha value is -3.85. The van der Waals surface area contributed by atoms with Gasteiger partial charge in [-0.25, -0.2) is 4.98 Å². The Kier molecular flexibility index (Phi) is 6.00. The molecule has 0 fully saturated rings. The molecular weight excluding hydrogens is 340 g/mol. The Balaban J connectivity index is 1.68. The number of nitrogens with zero attached hydrogens (tertiary/aromatic N) is 3. The molecule has 0 amide bonds. The number of hydrazone groups is 1. The maximum atomic E-state index is 9.16. The second kappa shape index (κ2) is 9.02. The Bertz CT molecular complexity index is 965. The molecule has 1 heterocycles. The summed E-state index contributed by atoms with van der Waals surface area (Å²) in [6, 6.07) is 20.6. The average Bonchev–Trinajstić information content (AvgIpc) is 2.73. The van der Waals surface area contributed by atoms with Gasteiger partial charge in [-0.3, -0.25) is 5.43 Å². The normalized spacial score (nSPS) is 10.4. The molecule has 0 atom stereocenters. The number of hydrogen-bond acceptors (Lipinski definition) is 6. The lowest BCUT2D eigenvalue weighted by Crippen LogP contribution is -2.00. The van der Waals surface area contributed by atoms with Crippen LogP contribution in [0.4, 0.5) is 5.82 Å². The van der Waals surface area contributed by atoms with Crippen LogP contribution in [0.25, 0.3) is 0 Å². The fraction of sp³-hybridized carbons (Fsp3) is 0.0952. The van der Waals surface area contributed by atoms with Crippen LogP contribution >= 0.6 is 0 Å². The second-order valence-corrected chi connectivity index (χ2v) is 5.55. The molecule has 6 nitrogen and oxygen atoms in total. The van der Waals surface area contributed by atoms with Crippen LogP contribution in [0.5, 0.6) is 11.5 Å². The van der Waals surface area contributed by atoms with Gasteiger partial charge in [0.1, 0.15) is 12.4 Å². The molecule has 0 saturated carbocycles. The van der Waals surface area contributed by atoms with Gasteiger partial charge in [-0.05, 0) is 42.0 Å². The lowest BCUT2D eigenvalue weighted by atomic mass is 10.1. The van der Waals surface area contributed by atoms with Gasteiger partial charge in [-0.2, -0.15) is 10.4 Å². The maximum Gasteiger partial charge on any atom is 0.161 e. The summed E-state index contributed by atoms with van der Waals surface area (Å²) in [7, 11) is 1.58. The standard InChI is InChI=1S/C21H18N4O2/c1-26-20-12-16(14-24-25-21-8-4-5-11-23-21)9-10-19(20)27-15-18-7-3-2-6-17(18)13-22/h2-12,14H,15H2,1H3,(H,23,25)/b24-14+. The van der Waals surface area contributed by atoms with E-state index < -0.39 is 0 Å². The molecule has 3 aromatic rings. The first-order chi connectivity index (χ1) is 13.3. The van der Waals surface area contributed by atoms with Gasteiger partial charge in [-0.1, -0.05) is 24.3 Å². The number of pyridine rings is 1. The van der Waals surface area contributed by atoms with Crippen molar-refractivity contribution in [3.8, 4) is 17.6 Å². The highest BCUT2D eigenvalue weighted by atomic mass is 16.5. The number of anilines is 1. The van der Waals surface area contributed by atoms with Crippen molar-refractivity contribution in [3.63, 3.8) is 0 Å². The van der Waals surface area contributed by atoms with Crippen LogP contribution in [0.15, 0.2) is 72.0 Å². The molecule has 0 saturated heterocycles. The van der Waals surface area contributed by atoms with E-state index >= 15 is 0 Å². The van der Waals surface area contributed by atoms with Crippen LogP contribution in [0.1, 0.15) is 16.7 Å². The number of nitriles is 1. The number of aromatic nitrogens is 1. The van der Waals surface area contributed by atoms with Crippen molar-refractivity contribution in [2.45, 2.75) is 6.61 Å². The molecule has 0 aliphatic rings. The van der Waals surface area contributed by atoms with Crippen LogP contribution in [-0.2, 0) is 6.61 Å². The van der Waals surface area contributed by atoms with E-state index in [2.05, 4.69) is 21.6 Å². The van der Waals surface area contributed by atoms with E-state index in [0.717, 1.165) is 11.1 Å². The van der Waals surface area contributed by atoms with Crippen molar-refractivity contribution in [2.24, 2.45) is 5.10 Å². The minimum atomic E-state index is 0.286. The first-order valence-electron chi connectivity index (χ1n) is 8.29. The molecule has 0 spiro atoms. The fourth-order valence-electron chi connectivity index (χ4n) is 2.40. The van der Waals surface area contributed by atoms with Gasteiger partial charge in [0.2, 0.25) is 0 Å². The highest BCUT2D eigenvalue weighted by Crippen LogP contribution is 2.28. The smallest absolute Gasteiger partial charge is 0.161 e. The van der Waals surface area contributed by atoms with Crippen LogP contribution in [-0.4, -0.2) is 18.3 Å². The first-order valence-corrected chi connectivity index (χ1v) is 8.29. The zero-order valence-corrected chi connectivity index (χ0v) is 14.8. The molecule has 0 aliphatic heterocycles. The molecule has 2 aromatic carbocycles. The Labute approximate surface area is 157 Å². The topological polar surface area (TPSA) is 79.5 Å². The van der Waals surface area contributed by atoms with Crippen LogP contribution < -0.4 is 14.9 Å². The van der Waals surface area contributed by atoms with Crippen molar-refractivity contribution in [1.29, 1.82) is 5.26 Å². The van der Waals surface area contributed by atoms with Gasteiger partial charge in [0.15, 0.2) is 11.5 Å². The Morgan fingerprint density at radius 1 is 1.11 bits per heavy atom. The summed E-state index contributed by atoms with van der Waals surface area (Å²) in [6.45, 7) is 0.286. The van der Waals surface area contributed by atoms with Gasteiger partial charge >= 0.3 is 0 Å². The third-order valence-corrected chi connectivity index (χ3v) is 3.77. The van der Waals surface area contributed by atoms with Crippen molar-refractivity contribution >= 4 is 12.0 Å².